The van der Waals surface area contributed by atoms with Gasteiger partial charge in [-0.3, -0.25) is 0 Å². The summed E-state index contributed by atoms with van der Waals surface area (Å²) < 4.78 is 0. The van der Waals surface area contributed by atoms with E-state index >= 15 is 0 Å². The van der Waals surface area contributed by atoms with Gasteiger partial charge < -0.3 is 5.11 Å². The van der Waals surface area contributed by atoms with Gasteiger partial charge >= 0.3 is 0 Å². The van der Waals surface area contributed by atoms with E-state index in [1.165, 1.54) is 5.56 Å². The van der Waals surface area contributed by atoms with Crippen LogP contribution in [0.15, 0.2) is 36.9 Å². The second-order valence-electron chi connectivity index (χ2n) is 3.02. The number of rotatable bonds is 3. The van der Waals surface area contributed by atoms with Gasteiger partial charge in [-0.1, -0.05) is 25.1 Å². The lowest BCUT2D eigenvalue weighted by Crippen LogP contribution is -1.90. The lowest BCUT2D eigenvalue weighted by Gasteiger charge is -2.08. The maximum atomic E-state index is 9.05. The van der Waals surface area contributed by atoms with Crippen molar-refractivity contribution in [1.82, 2.24) is 0 Å². The highest BCUT2D eigenvalue weighted by molar-refractivity contribution is 5.28. The molecule has 1 aromatic rings. The molecular formula is C11H14O. The summed E-state index contributed by atoms with van der Waals surface area (Å²) >= 11 is 0. The van der Waals surface area contributed by atoms with E-state index in [1.807, 2.05) is 18.2 Å². The standard InChI is InChI=1S/C11H14O/c1-3-4-9(2)10-5-7-11(12)8-6-10/h3,5-9,12H,1,4H2,2H3. The highest BCUT2D eigenvalue weighted by Crippen LogP contribution is 2.21. The summed E-state index contributed by atoms with van der Waals surface area (Å²) in [6, 6.07) is 7.33. The highest BCUT2D eigenvalue weighted by atomic mass is 16.3. The van der Waals surface area contributed by atoms with E-state index in [0.717, 1.165) is 6.42 Å². The maximum absolute atomic E-state index is 9.05. The molecule has 0 aliphatic heterocycles. The van der Waals surface area contributed by atoms with Crippen molar-refractivity contribution in [3.05, 3.63) is 42.5 Å². The molecule has 12 heavy (non-hydrogen) atoms. The molecule has 0 aliphatic carbocycles. The van der Waals surface area contributed by atoms with Crippen LogP contribution in [-0.4, -0.2) is 5.11 Å². The van der Waals surface area contributed by atoms with Crippen molar-refractivity contribution < 1.29 is 5.11 Å². The van der Waals surface area contributed by atoms with Crippen LogP contribution in [0.25, 0.3) is 0 Å². The van der Waals surface area contributed by atoms with Crippen molar-refractivity contribution in [2.45, 2.75) is 19.3 Å². The minimum atomic E-state index is 0.324. The smallest absolute Gasteiger partial charge is 0.115 e. The number of hydrogen-bond acceptors (Lipinski definition) is 1. The monoisotopic (exact) mass is 162 g/mol. The maximum Gasteiger partial charge on any atom is 0.115 e. The number of hydrogen-bond donors (Lipinski definition) is 1. The van der Waals surface area contributed by atoms with Gasteiger partial charge in [-0.2, -0.15) is 0 Å². The van der Waals surface area contributed by atoms with Crippen molar-refractivity contribution in [1.29, 1.82) is 0 Å². The first-order chi connectivity index (χ1) is 5.74. The van der Waals surface area contributed by atoms with Crippen LogP contribution >= 0.6 is 0 Å². The van der Waals surface area contributed by atoms with Gasteiger partial charge in [0, 0.05) is 0 Å². The number of aromatic hydroxyl groups is 1. The van der Waals surface area contributed by atoms with Crippen molar-refractivity contribution in [2.75, 3.05) is 0 Å². The minimum Gasteiger partial charge on any atom is -0.508 e. The molecule has 0 spiro atoms. The molecule has 0 aliphatic rings. The summed E-state index contributed by atoms with van der Waals surface area (Å²) in [5, 5.41) is 9.05. The third-order valence-corrected chi connectivity index (χ3v) is 1.98. The highest BCUT2D eigenvalue weighted by Gasteiger charge is 2.01. The molecule has 0 radical (unpaired) electrons. The summed E-state index contributed by atoms with van der Waals surface area (Å²) in [5.41, 5.74) is 1.24. The van der Waals surface area contributed by atoms with Crippen LogP contribution in [0, 0.1) is 0 Å². The van der Waals surface area contributed by atoms with E-state index in [1.54, 1.807) is 12.1 Å². The van der Waals surface area contributed by atoms with Crippen LogP contribution in [0.4, 0.5) is 0 Å². The second-order valence-corrected chi connectivity index (χ2v) is 3.02. The van der Waals surface area contributed by atoms with E-state index < -0.39 is 0 Å². The quantitative estimate of drug-likeness (QED) is 0.677. The molecule has 0 amide bonds. The first-order valence-electron chi connectivity index (χ1n) is 4.14. The molecule has 1 heteroatoms. The Bertz CT molecular complexity index is 248. The van der Waals surface area contributed by atoms with Crippen molar-refractivity contribution in [3.63, 3.8) is 0 Å². The first-order valence-corrected chi connectivity index (χ1v) is 4.14. The lowest BCUT2D eigenvalue weighted by molar-refractivity contribution is 0.475. The van der Waals surface area contributed by atoms with E-state index in [9.17, 15) is 0 Å². The fourth-order valence-corrected chi connectivity index (χ4v) is 1.19. The van der Waals surface area contributed by atoms with E-state index in [0.29, 0.717) is 11.7 Å². The number of phenols is 1. The predicted molar refractivity (Wildman–Crippen MR) is 51.3 cm³/mol. The van der Waals surface area contributed by atoms with Gasteiger partial charge in [-0.05, 0) is 30.0 Å². The van der Waals surface area contributed by atoms with Crippen LogP contribution in [-0.2, 0) is 0 Å². The van der Waals surface area contributed by atoms with E-state index in [4.69, 9.17) is 5.11 Å². The molecular weight excluding hydrogens is 148 g/mol. The summed E-state index contributed by atoms with van der Waals surface area (Å²) in [6.45, 7) is 5.84. The Balaban J connectivity index is 2.74. The summed E-state index contributed by atoms with van der Waals surface area (Å²) in [7, 11) is 0. The topological polar surface area (TPSA) is 20.2 Å². The molecule has 1 unspecified atom stereocenters. The molecule has 1 nitrogen and oxygen atoms in total. The second kappa shape index (κ2) is 3.96. The Labute approximate surface area is 73.4 Å². The molecule has 1 N–H and O–H groups in total. The zero-order chi connectivity index (χ0) is 8.97. The molecule has 0 bridgehead atoms. The minimum absolute atomic E-state index is 0.324. The fourth-order valence-electron chi connectivity index (χ4n) is 1.19. The molecule has 0 heterocycles. The molecule has 0 saturated heterocycles. The molecule has 1 atom stereocenters. The zero-order valence-corrected chi connectivity index (χ0v) is 7.33. The summed E-state index contributed by atoms with van der Waals surface area (Å²) in [4.78, 5) is 0. The van der Waals surface area contributed by atoms with Gasteiger partial charge in [-0.25, -0.2) is 0 Å². The number of phenolic OH excluding ortho intramolecular Hbond substituents is 1. The molecule has 0 fully saturated rings. The van der Waals surface area contributed by atoms with Crippen LogP contribution in [0.1, 0.15) is 24.8 Å². The lowest BCUT2D eigenvalue weighted by atomic mass is 9.98. The molecule has 64 valence electrons. The van der Waals surface area contributed by atoms with Gasteiger partial charge in [0.15, 0.2) is 0 Å². The van der Waals surface area contributed by atoms with E-state index in [-0.39, 0.29) is 0 Å². The number of benzene rings is 1. The van der Waals surface area contributed by atoms with Gasteiger partial charge in [0.05, 0.1) is 0 Å². The molecule has 1 aromatic carbocycles. The van der Waals surface area contributed by atoms with Crippen LogP contribution in [0.5, 0.6) is 5.75 Å². The zero-order valence-electron chi connectivity index (χ0n) is 7.33. The Morgan fingerprint density at radius 3 is 2.50 bits per heavy atom. The van der Waals surface area contributed by atoms with Crippen LogP contribution < -0.4 is 0 Å². The average Bonchev–Trinajstić information content (AvgIpc) is 2.06. The normalized spacial score (nSPS) is 12.4. The van der Waals surface area contributed by atoms with Gasteiger partial charge in [-0.15, -0.1) is 6.58 Å². The largest absolute Gasteiger partial charge is 0.508 e. The third kappa shape index (κ3) is 2.12. The number of allylic oxidation sites excluding steroid dienone is 1. The Morgan fingerprint density at radius 1 is 1.42 bits per heavy atom. The van der Waals surface area contributed by atoms with Crippen LogP contribution in [0.3, 0.4) is 0 Å². The Kier molecular flexibility index (Phi) is 2.92. The van der Waals surface area contributed by atoms with E-state index in [2.05, 4.69) is 13.5 Å². The van der Waals surface area contributed by atoms with Gasteiger partial charge in [0.1, 0.15) is 5.75 Å². The predicted octanol–water partition coefficient (Wildman–Crippen LogP) is 3.07. The first kappa shape index (κ1) is 8.85. The summed E-state index contributed by atoms with van der Waals surface area (Å²) in [5.74, 6) is 0.813. The molecule has 0 saturated carbocycles. The molecule has 1 rings (SSSR count). The SMILES string of the molecule is C=CCC(C)c1ccc(O)cc1. The van der Waals surface area contributed by atoms with Crippen molar-refractivity contribution >= 4 is 0 Å². The van der Waals surface area contributed by atoms with Crippen molar-refractivity contribution in [2.24, 2.45) is 0 Å². The van der Waals surface area contributed by atoms with Crippen molar-refractivity contribution in [3.8, 4) is 5.75 Å². The van der Waals surface area contributed by atoms with Gasteiger partial charge in [0.25, 0.3) is 0 Å². The molecule has 0 aromatic heterocycles. The Hall–Kier alpha value is -1.24. The third-order valence-electron chi connectivity index (χ3n) is 1.98. The summed E-state index contributed by atoms with van der Waals surface area (Å²) in [6.07, 6.45) is 2.89. The fraction of sp³-hybridized carbons (Fsp3) is 0.273. The average molecular weight is 162 g/mol. The van der Waals surface area contributed by atoms with Gasteiger partial charge in [0.2, 0.25) is 0 Å². The Morgan fingerprint density at radius 2 is 2.00 bits per heavy atom. The van der Waals surface area contributed by atoms with Crippen LogP contribution in [0.2, 0.25) is 0 Å².